The first-order chi connectivity index (χ1) is 13.0. The summed E-state index contributed by atoms with van der Waals surface area (Å²) in [6, 6.07) is 5.51. The van der Waals surface area contributed by atoms with E-state index in [0.29, 0.717) is 34.7 Å². The monoisotopic (exact) mass is 408 g/mol. The largest absolute Gasteiger partial charge is 0.493 e. The van der Waals surface area contributed by atoms with Crippen LogP contribution in [0.5, 0.6) is 11.5 Å². The Kier molecular flexibility index (Phi) is 9.25. The van der Waals surface area contributed by atoms with Gasteiger partial charge in [-0.05, 0) is 39.9 Å². The zero-order chi connectivity index (χ0) is 21.6. The van der Waals surface area contributed by atoms with Crippen molar-refractivity contribution < 1.29 is 19.0 Å². The Labute approximate surface area is 173 Å². The summed E-state index contributed by atoms with van der Waals surface area (Å²) in [5.74, 6) is 1.13. The second kappa shape index (κ2) is 10.5. The van der Waals surface area contributed by atoms with E-state index in [0.717, 1.165) is 11.1 Å². The van der Waals surface area contributed by atoms with Crippen molar-refractivity contribution in [1.82, 2.24) is 0 Å². The molecule has 0 bridgehead atoms. The first kappa shape index (κ1) is 24.7. The number of rotatable bonds is 11. The molecular formula is C23H40O4Si. The third-order valence-electron chi connectivity index (χ3n) is 6.08. The van der Waals surface area contributed by atoms with Crippen molar-refractivity contribution in [3.05, 3.63) is 35.9 Å². The maximum absolute atomic E-state index is 10.9. The molecule has 0 amide bonds. The highest BCUT2D eigenvalue weighted by molar-refractivity contribution is 6.77. The van der Waals surface area contributed by atoms with Gasteiger partial charge in [0.05, 0.1) is 26.9 Å². The number of methoxy groups -OCH3 is 2. The Balaban J connectivity index is 2.94. The van der Waals surface area contributed by atoms with Gasteiger partial charge in [-0.25, -0.2) is 0 Å². The summed E-state index contributed by atoms with van der Waals surface area (Å²) in [7, 11) is 1.24. The van der Waals surface area contributed by atoms with Crippen molar-refractivity contribution in [2.75, 3.05) is 20.8 Å². The second-order valence-electron chi connectivity index (χ2n) is 8.61. The highest BCUT2D eigenvalue weighted by Gasteiger charge is 2.45. The molecule has 0 aliphatic carbocycles. The molecule has 28 heavy (non-hydrogen) atoms. The molecule has 0 spiro atoms. The van der Waals surface area contributed by atoms with Gasteiger partial charge in [-0.1, -0.05) is 61.1 Å². The average molecular weight is 409 g/mol. The second-order valence-corrected chi connectivity index (χ2v) is 14.1. The van der Waals surface area contributed by atoms with Crippen LogP contribution >= 0.6 is 0 Å². The Morgan fingerprint density at radius 2 is 1.43 bits per heavy atom. The number of hydrogen-bond donors (Lipinski definition) is 1. The molecule has 5 heteroatoms. The van der Waals surface area contributed by atoms with Crippen molar-refractivity contribution in [3.8, 4) is 11.5 Å². The van der Waals surface area contributed by atoms with Crippen LogP contribution < -0.4 is 9.47 Å². The van der Waals surface area contributed by atoms with Crippen molar-refractivity contribution in [3.63, 3.8) is 0 Å². The predicted octanol–water partition coefficient (Wildman–Crippen LogP) is 6.12. The molecule has 1 rings (SSSR count). The van der Waals surface area contributed by atoms with Gasteiger partial charge in [-0.15, -0.1) is 0 Å². The van der Waals surface area contributed by atoms with Gasteiger partial charge in [0.1, 0.15) is 0 Å². The van der Waals surface area contributed by atoms with Gasteiger partial charge < -0.3 is 19.0 Å². The highest BCUT2D eigenvalue weighted by atomic mass is 28.4. The first-order valence-corrected chi connectivity index (χ1v) is 12.4. The Morgan fingerprint density at radius 3 is 1.86 bits per heavy atom. The van der Waals surface area contributed by atoms with E-state index in [9.17, 15) is 5.11 Å². The third-order valence-corrected chi connectivity index (χ3v) is 12.1. The van der Waals surface area contributed by atoms with Crippen LogP contribution in [0.3, 0.4) is 0 Å². The number of aliphatic hydroxyl groups excluding tert-OH is 1. The molecule has 0 saturated heterocycles. The minimum atomic E-state index is -1.96. The van der Waals surface area contributed by atoms with E-state index >= 15 is 0 Å². The van der Waals surface area contributed by atoms with Gasteiger partial charge in [-0.2, -0.15) is 0 Å². The van der Waals surface area contributed by atoms with Crippen LogP contribution in [0.1, 0.15) is 60.1 Å². The fraction of sp³-hybridized carbons (Fsp3) is 0.652. The topological polar surface area (TPSA) is 47.9 Å². The van der Waals surface area contributed by atoms with E-state index in [2.05, 4.69) is 48.1 Å². The summed E-state index contributed by atoms with van der Waals surface area (Å²) < 4.78 is 17.3. The van der Waals surface area contributed by atoms with Gasteiger partial charge in [0, 0.05) is 5.92 Å². The lowest BCUT2D eigenvalue weighted by Gasteiger charge is -2.42. The van der Waals surface area contributed by atoms with Crippen LogP contribution in [0.4, 0.5) is 0 Å². The normalized spacial score (nSPS) is 14.5. The van der Waals surface area contributed by atoms with Crippen LogP contribution in [-0.4, -0.2) is 34.3 Å². The molecule has 0 aromatic heterocycles. The van der Waals surface area contributed by atoms with Crippen LogP contribution in [0.25, 0.3) is 0 Å². The van der Waals surface area contributed by atoms with Gasteiger partial charge in [0.2, 0.25) is 8.32 Å². The predicted molar refractivity (Wildman–Crippen MR) is 120 cm³/mol. The molecule has 1 aromatic carbocycles. The molecule has 1 N–H and O–H groups in total. The summed E-state index contributed by atoms with van der Waals surface area (Å²) in [5, 5.41) is 10.9. The molecular weight excluding hydrogens is 368 g/mol. The molecule has 0 aliphatic heterocycles. The first-order valence-electron chi connectivity index (χ1n) is 10.2. The van der Waals surface area contributed by atoms with Crippen LogP contribution in [0, 0.1) is 5.92 Å². The Hall–Kier alpha value is -1.30. The van der Waals surface area contributed by atoms with Crippen LogP contribution in [0.2, 0.25) is 16.6 Å². The lowest BCUT2D eigenvalue weighted by Crippen LogP contribution is -2.48. The lowest BCUT2D eigenvalue weighted by atomic mass is 9.91. The Morgan fingerprint density at radius 1 is 0.929 bits per heavy atom. The van der Waals surface area contributed by atoms with Crippen molar-refractivity contribution in [1.29, 1.82) is 0 Å². The van der Waals surface area contributed by atoms with Gasteiger partial charge in [0.25, 0.3) is 0 Å². The highest BCUT2D eigenvalue weighted by Crippen LogP contribution is 2.43. The molecule has 0 aliphatic rings. The fourth-order valence-corrected chi connectivity index (χ4v) is 9.83. The smallest absolute Gasteiger partial charge is 0.200 e. The molecule has 0 fully saturated rings. The van der Waals surface area contributed by atoms with Crippen LogP contribution in [0.15, 0.2) is 30.4 Å². The molecule has 0 unspecified atom stereocenters. The quantitative estimate of drug-likeness (QED) is 0.354. The zero-order valence-corrected chi connectivity index (χ0v) is 20.2. The van der Waals surface area contributed by atoms with E-state index < -0.39 is 14.4 Å². The molecule has 0 radical (unpaired) electrons. The standard InChI is InChI=1S/C23H40O4Si/c1-15(2)28(16(3)4,17(5)6)27-14-18(7)19(8)23(24)20-11-12-21(25-9)22(13-20)26-10/h11-13,15-17,19,23-24H,7,14H2,1-6,8-10H3/t19-,23+/m0/s1. The number of hydrogen-bond acceptors (Lipinski definition) is 4. The minimum Gasteiger partial charge on any atom is -0.493 e. The number of benzene rings is 1. The molecule has 2 atom stereocenters. The number of ether oxygens (including phenoxy) is 2. The van der Waals surface area contributed by atoms with Crippen molar-refractivity contribution >= 4 is 8.32 Å². The molecule has 4 nitrogen and oxygen atoms in total. The average Bonchev–Trinajstić information content (AvgIpc) is 2.65. The van der Waals surface area contributed by atoms with Crippen molar-refractivity contribution in [2.24, 2.45) is 5.92 Å². The van der Waals surface area contributed by atoms with Crippen molar-refractivity contribution in [2.45, 2.75) is 71.2 Å². The van der Waals surface area contributed by atoms with Gasteiger partial charge in [-0.3, -0.25) is 0 Å². The van der Waals surface area contributed by atoms with E-state index in [1.807, 2.05) is 25.1 Å². The third kappa shape index (κ3) is 5.19. The summed E-state index contributed by atoms with van der Waals surface area (Å²) in [5.41, 5.74) is 3.26. The lowest BCUT2D eigenvalue weighted by molar-refractivity contribution is 0.127. The van der Waals surface area contributed by atoms with E-state index in [1.54, 1.807) is 14.2 Å². The van der Waals surface area contributed by atoms with Gasteiger partial charge in [0.15, 0.2) is 11.5 Å². The summed E-state index contributed by atoms with van der Waals surface area (Å²) in [4.78, 5) is 0. The zero-order valence-electron chi connectivity index (χ0n) is 19.2. The molecule has 0 saturated carbocycles. The maximum Gasteiger partial charge on any atom is 0.200 e. The van der Waals surface area contributed by atoms with Gasteiger partial charge >= 0.3 is 0 Å². The summed E-state index contributed by atoms with van der Waals surface area (Å²) in [6.45, 7) is 20.4. The maximum atomic E-state index is 10.9. The van der Waals surface area contributed by atoms with E-state index in [1.165, 1.54) is 0 Å². The molecule has 160 valence electrons. The number of aliphatic hydroxyl groups is 1. The Bertz CT molecular complexity index is 618. The fourth-order valence-electron chi connectivity index (χ4n) is 4.40. The minimum absolute atomic E-state index is 0.128. The molecule has 0 heterocycles. The SMILES string of the molecule is C=C(CO[Si](C(C)C)(C(C)C)C(C)C)[C@H](C)[C@@H](O)c1ccc(OC)c(OC)c1. The summed E-state index contributed by atoms with van der Waals surface area (Å²) >= 11 is 0. The van der Waals surface area contributed by atoms with E-state index in [-0.39, 0.29) is 5.92 Å². The summed E-state index contributed by atoms with van der Waals surface area (Å²) in [6.07, 6.45) is -0.677. The van der Waals surface area contributed by atoms with Crippen LogP contribution in [-0.2, 0) is 4.43 Å². The molecule has 1 aromatic rings. The van der Waals surface area contributed by atoms with E-state index in [4.69, 9.17) is 13.9 Å².